The van der Waals surface area contributed by atoms with Gasteiger partial charge in [-0.2, -0.15) is 0 Å². The second-order valence-corrected chi connectivity index (χ2v) is 4.39. The van der Waals surface area contributed by atoms with Crippen molar-refractivity contribution < 1.29 is 5.11 Å². The standard InChI is InChI=1S/C12H11BrN2O/c13-10-1-2-11(15-8-10)12(16)7-9-3-5-14-6-4-9/h1-6,8,12,16H,7H2. The molecule has 1 N–H and O–H groups in total. The first-order valence-corrected chi connectivity index (χ1v) is 5.73. The molecule has 16 heavy (non-hydrogen) atoms. The van der Waals surface area contributed by atoms with Crippen LogP contribution in [0.5, 0.6) is 0 Å². The lowest BCUT2D eigenvalue weighted by atomic mass is 10.1. The molecule has 0 aromatic carbocycles. The predicted octanol–water partition coefficient (Wildman–Crippen LogP) is 2.52. The molecule has 2 aromatic heterocycles. The van der Waals surface area contributed by atoms with Crippen LogP contribution in [0.25, 0.3) is 0 Å². The van der Waals surface area contributed by atoms with E-state index in [1.807, 2.05) is 24.3 Å². The molecule has 0 amide bonds. The Labute approximate surface area is 102 Å². The fourth-order valence-electron chi connectivity index (χ4n) is 1.43. The van der Waals surface area contributed by atoms with Crippen molar-refractivity contribution in [2.75, 3.05) is 0 Å². The molecule has 0 bridgehead atoms. The summed E-state index contributed by atoms with van der Waals surface area (Å²) in [5, 5.41) is 9.97. The maximum absolute atomic E-state index is 9.97. The Balaban J connectivity index is 2.09. The molecule has 0 aliphatic carbocycles. The average Bonchev–Trinajstić information content (AvgIpc) is 2.31. The number of hydrogen-bond donors (Lipinski definition) is 1. The third kappa shape index (κ3) is 2.87. The Morgan fingerprint density at radius 3 is 2.56 bits per heavy atom. The van der Waals surface area contributed by atoms with E-state index in [0.29, 0.717) is 12.1 Å². The van der Waals surface area contributed by atoms with Crippen molar-refractivity contribution >= 4 is 15.9 Å². The average molecular weight is 279 g/mol. The van der Waals surface area contributed by atoms with Gasteiger partial charge in [0.15, 0.2) is 0 Å². The van der Waals surface area contributed by atoms with Crippen molar-refractivity contribution in [1.29, 1.82) is 0 Å². The summed E-state index contributed by atoms with van der Waals surface area (Å²) in [4.78, 5) is 8.10. The normalized spacial score (nSPS) is 12.4. The number of nitrogens with zero attached hydrogens (tertiary/aromatic N) is 2. The van der Waals surface area contributed by atoms with Crippen LogP contribution in [0, 0.1) is 0 Å². The molecule has 2 heterocycles. The van der Waals surface area contributed by atoms with Crippen LogP contribution in [0.4, 0.5) is 0 Å². The SMILES string of the molecule is OC(Cc1ccncc1)c1ccc(Br)cn1. The van der Waals surface area contributed by atoms with Crippen LogP contribution in [0.3, 0.4) is 0 Å². The zero-order valence-corrected chi connectivity index (χ0v) is 10.1. The summed E-state index contributed by atoms with van der Waals surface area (Å²) in [5.41, 5.74) is 1.73. The molecular formula is C12H11BrN2O. The summed E-state index contributed by atoms with van der Waals surface area (Å²) in [7, 11) is 0. The van der Waals surface area contributed by atoms with Crippen molar-refractivity contribution in [1.82, 2.24) is 9.97 Å². The van der Waals surface area contributed by atoms with Crippen molar-refractivity contribution in [3.05, 3.63) is 58.6 Å². The summed E-state index contributed by atoms with van der Waals surface area (Å²) < 4.78 is 0.910. The van der Waals surface area contributed by atoms with Gasteiger partial charge in [-0.15, -0.1) is 0 Å². The van der Waals surface area contributed by atoms with Gasteiger partial charge in [0, 0.05) is 29.5 Å². The number of aliphatic hydroxyl groups excluding tert-OH is 1. The van der Waals surface area contributed by atoms with E-state index >= 15 is 0 Å². The molecule has 2 aromatic rings. The van der Waals surface area contributed by atoms with Gasteiger partial charge in [0.1, 0.15) is 0 Å². The lowest BCUT2D eigenvalue weighted by Crippen LogP contribution is -2.03. The highest BCUT2D eigenvalue weighted by molar-refractivity contribution is 9.10. The summed E-state index contributed by atoms with van der Waals surface area (Å²) in [6.45, 7) is 0. The summed E-state index contributed by atoms with van der Waals surface area (Å²) in [5.74, 6) is 0. The van der Waals surface area contributed by atoms with Gasteiger partial charge < -0.3 is 5.11 Å². The number of aliphatic hydroxyl groups is 1. The Morgan fingerprint density at radius 1 is 1.19 bits per heavy atom. The van der Waals surface area contributed by atoms with Gasteiger partial charge in [0.25, 0.3) is 0 Å². The molecule has 0 fully saturated rings. The van der Waals surface area contributed by atoms with Gasteiger partial charge in [-0.25, -0.2) is 0 Å². The van der Waals surface area contributed by atoms with Crippen LogP contribution < -0.4 is 0 Å². The van der Waals surface area contributed by atoms with Crippen LogP contribution in [-0.2, 0) is 6.42 Å². The maximum Gasteiger partial charge on any atom is 0.0999 e. The van der Waals surface area contributed by atoms with E-state index in [4.69, 9.17) is 0 Å². The molecule has 0 saturated heterocycles. The van der Waals surface area contributed by atoms with Crippen molar-refractivity contribution in [3.8, 4) is 0 Å². The minimum atomic E-state index is -0.574. The minimum Gasteiger partial charge on any atom is -0.386 e. The topological polar surface area (TPSA) is 46.0 Å². The van der Waals surface area contributed by atoms with E-state index in [1.54, 1.807) is 18.6 Å². The Morgan fingerprint density at radius 2 is 1.94 bits per heavy atom. The zero-order chi connectivity index (χ0) is 11.4. The molecule has 0 aliphatic rings. The van der Waals surface area contributed by atoms with E-state index in [-0.39, 0.29) is 0 Å². The Kier molecular flexibility index (Phi) is 3.64. The zero-order valence-electron chi connectivity index (χ0n) is 8.55. The quantitative estimate of drug-likeness (QED) is 0.939. The molecule has 0 saturated carbocycles. The van der Waals surface area contributed by atoms with Crippen LogP contribution in [-0.4, -0.2) is 15.1 Å². The van der Waals surface area contributed by atoms with E-state index in [2.05, 4.69) is 25.9 Å². The second-order valence-electron chi connectivity index (χ2n) is 3.48. The minimum absolute atomic E-state index is 0.553. The van der Waals surface area contributed by atoms with Crippen LogP contribution in [0.15, 0.2) is 47.3 Å². The molecule has 0 aliphatic heterocycles. The van der Waals surface area contributed by atoms with Gasteiger partial charge in [-0.3, -0.25) is 9.97 Å². The first kappa shape index (κ1) is 11.2. The van der Waals surface area contributed by atoms with Gasteiger partial charge >= 0.3 is 0 Å². The van der Waals surface area contributed by atoms with Crippen LogP contribution >= 0.6 is 15.9 Å². The molecule has 4 heteroatoms. The fourth-order valence-corrected chi connectivity index (χ4v) is 1.67. The Hall–Kier alpha value is -1.26. The molecule has 1 unspecified atom stereocenters. The number of hydrogen-bond acceptors (Lipinski definition) is 3. The van der Waals surface area contributed by atoms with E-state index in [1.165, 1.54) is 0 Å². The van der Waals surface area contributed by atoms with Gasteiger partial charge in [-0.1, -0.05) is 0 Å². The first-order chi connectivity index (χ1) is 7.75. The number of aromatic nitrogens is 2. The molecule has 3 nitrogen and oxygen atoms in total. The lowest BCUT2D eigenvalue weighted by Gasteiger charge is -2.09. The third-order valence-corrected chi connectivity index (χ3v) is 2.74. The largest absolute Gasteiger partial charge is 0.386 e. The molecule has 2 rings (SSSR count). The van der Waals surface area contributed by atoms with Crippen LogP contribution in [0.1, 0.15) is 17.4 Å². The number of rotatable bonds is 3. The highest BCUT2D eigenvalue weighted by Gasteiger charge is 2.09. The van der Waals surface area contributed by atoms with E-state index < -0.39 is 6.10 Å². The molecule has 82 valence electrons. The summed E-state index contributed by atoms with van der Waals surface area (Å²) in [6, 6.07) is 7.47. The monoisotopic (exact) mass is 278 g/mol. The smallest absolute Gasteiger partial charge is 0.0999 e. The molecule has 0 radical (unpaired) electrons. The number of pyridine rings is 2. The first-order valence-electron chi connectivity index (χ1n) is 4.94. The van der Waals surface area contributed by atoms with Crippen molar-refractivity contribution in [3.63, 3.8) is 0 Å². The Bertz CT molecular complexity index is 444. The molecular weight excluding hydrogens is 268 g/mol. The highest BCUT2D eigenvalue weighted by atomic mass is 79.9. The highest BCUT2D eigenvalue weighted by Crippen LogP contribution is 2.17. The number of halogens is 1. The third-order valence-electron chi connectivity index (χ3n) is 2.27. The summed E-state index contributed by atoms with van der Waals surface area (Å²) in [6.07, 6.45) is 5.10. The van der Waals surface area contributed by atoms with Gasteiger partial charge in [-0.05, 0) is 45.8 Å². The van der Waals surface area contributed by atoms with Gasteiger partial charge in [0.05, 0.1) is 11.8 Å². The fraction of sp³-hybridized carbons (Fsp3) is 0.167. The molecule has 0 spiro atoms. The maximum atomic E-state index is 9.97. The predicted molar refractivity (Wildman–Crippen MR) is 64.8 cm³/mol. The lowest BCUT2D eigenvalue weighted by molar-refractivity contribution is 0.173. The van der Waals surface area contributed by atoms with Crippen molar-refractivity contribution in [2.45, 2.75) is 12.5 Å². The van der Waals surface area contributed by atoms with Gasteiger partial charge in [0.2, 0.25) is 0 Å². The van der Waals surface area contributed by atoms with E-state index in [0.717, 1.165) is 10.0 Å². The molecule has 1 atom stereocenters. The van der Waals surface area contributed by atoms with Crippen LogP contribution in [0.2, 0.25) is 0 Å². The van der Waals surface area contributed by atoms with E-state index in [9.17, 15) is 5.11 Å². The summed E-state index contributed by atoms with van der Waals surface area (Å²) >= 11 is 3.31. The van der Waals surface area contributed by atoms with Crippen molar-refractivity contribution in [2.24, 2.45) is 0 Å². The second kappa shape index (κ2) is 5.18.